The monoisotopic (exact) mass is 440 g/mol. The third-order valence-electron chi connectivity index (χ3n) is 7.16. The quantitative estimate of drug-likeness (QED) is 0.310. The van der Waals surface area contributed by atoms with Crippen molar-refractivity contribution in [2.24, 2.45) is 11.8 Å². The molecule has 0 radical (unpaired) electrons. The Labute approximate surface area is 196 Å². The molecule has 0 spiro atoms. The molecule has 3 atom stereocenters. The van der Waals surface area contributed by atoms with Gasteiger partial charge in [-0.1, -0.05) is 97.4 Å². The van der Waals surface area contributed by atoms with Crippen LogP contribution in [0, 0.1) is 11.8 Å². The average Bonchev–Trinajstić information content (AvgIpc) is 3.63. The Morgan fingerprint density at radius 1 is 0.758 bits per heavy atom. The van der Waals surface area contributed by atoms with Crippen molar-refractivity contribution in [3.8, 4) is 0 Å². The lowest BCUT2D eigenvalue weighted by atomic mass is 9.80. The second-order valence-electron chi connectivity index (χ2n) is 9.38. The number of cyclic esters (lactones) is 1. The van der Waals surface area contributed by atoms with Gasteiger partial charge in [0.15, 0.2) is 0 Å². The van der Waals surface area contributed by atoms with E-state index in [0.29, 0.717) is 24.9 Å². The van der Waals surface area contributed by atoms with Crippen LogP contribution >= 0.6 is 0 Å². The SMILES string of the molecule is O=C1CCCCC[C@H]([C@@H]2C[C@H]2COC(c2ccccc2)(c2ccccc2)c2ccccc2)O1. The first kappa shape index (κ1) is 21.9. The van der Waals surface area contributed by atoms with Gasteiger partial charge < -0.3 is 9.47 Å². The molecule has 2 fully saturated rings. The highest BCUT2D eigenvalue weighted by atomic mass is 16.5. The van der Waals surface area contributed by atoms with E-state index in [2.05, 4.69) is 72.8 Å². The van der Waals surface area contributed by atoms with Crippen molar-refractivity contribution < 1.29 is 14.3 Å². The van der Waals surface area contributed by atoms with Crippen LogP contribution in [0.1, 0.15) is 55.2 Å². The number of benzene rings is 3. The van der Waals surface area contributed by atoms with Crippen molar-refractivity contribution in [1.29, 1.82) is 0 Å². The summed E-state index contributed by atoms with van der Waals surface area (Å²) >= 11 is 0. The molecule has 1 saturated carbocycles. The minimum absolute atomic E-state index is 0.0292. The smallest absolute Gasteiger partial charge is 0.306 e. The predicted molar refractivity (Wildman–Crippen MR) is 130 cm³/mol. The Kier molecular flexibility index (Phi) is 6.59. The number of hydrogen-bond donors (Lipinski definition) is 0. The van der Waals surface area contributed by atoms with Crippen LogP contribution in [0.4, 0.5) is 0 Å². The number of carbonyl (C=O) groups is 1. The lowest BCUT2D eigenvalue weighted by Crippen LogP contribution is -2.34. The zero-order chi connectivity index (χ0) is 22.5. The highest BCUT2D eigenvalue weighted by Gasteiger charge is 2.47. The van der Waals surface area contributed by atoms with Gasteiger partial charge in [0.25, 0.3) is 0 Å². The summed E-state index contributed by atoms with van der Waals surface area (Å²) in [5, 5.41) is 0. The van der Waals surface area contributed by atoms with Crippen LogP contribution in [0.3, 0.4) is 0 Å². The van der Waals surface area contributed by atoms with Crippen molar-refractivity contribution in [1.82, 2.24) is 0 Å². The van der Waals surface area contributed by atoms with Crippen LogP contribution in [0.2, 0.25) is 0 Å². The molecule has 0 aromatic heterocycles. The van der Waals surface area contributed by atoms with Gasteiger partial charge in [-0.3, -0.25) is 4.79 Å². The van der Waals surface area contributed by atoms with Gasteiger partial charge in [0.05, 0.1) is 6.61 Å². The van der Waals surface area contributed by atoms with Crippen LogP contribution in [0.5, 0.6) is 0 Å². The van der Waals surface area contributed by atoms with E-state index in [9.17, 15) is 4.79 Å². The fraction of sp³-hybridized carbons (Fsp3) is 0.367. The Morgan fingerprint density at radius 2 is 1.30 bits per heavy atom. The van der Waals surface area contributed by atoms with Crippen molar-refractivity contribution in [2.75, 3.05) is 6.61 Å². The highest BCUT2D eigenvalue weighted by molar-refractivity contribution is 5.69. The number of esters is 1. The van der Waals surface area contributed by atoms with E-state index >= 15 is 0 Å². The average molecular weight is 441 g/mol. The summed E-state index contributed by atoms with van der Waals surface area (Å²) in [5.74, 6) is 0.795. The maximum atomic E-state index is 12.1. The summed E-state index contributed by atoms with van der Waals surface area (Å²) in [6, 6.07) is 31.5. The standard InChI is InChI=1S/C30H32O3/c31-29-20-12-4-11-19-28(33-29)27-21-23(27)22-32-30(24-13-5-1-6-14-24,25-15-7-2-8-16-25)26-17-9-3-10-18-26/h1-3,5-10,13-18,23,27-28H,4,11-12,19-22H2/t23-,27+,28+/m0/s1. The summed E-state index contributed by atoms with van der Waals surface area (Å²) in [7, 11) is 0. The maximum Gasteiger partial charge on any atom is 0.306 e. The summed E-state index contributed by atoms with van der Waals surface area (Å²) in [6.07, 6.45) is 5.87. The molecular weight excluding hydrogens is 408 g/mol. The summed E-state index contributed by atoms with van der Waals surface area (Å²) < 4.78 is 12.8. The molecule has 1 aliphatic carbocycles. The van der Waals surface area contributed by atoms with Gasteiger partial charge in [-0.15, -0.1) is 0 Å². The molecule has 2 aliphatic rings. The van der Waals surface area contributed by atoms with Crippen LogP contribution < -0.4 is 0 Å². The maximum absolute atomic E-state index is 12.1. The zero-order valence-corrected chi connectivity index (χ0v) is 19.1. The molecule has 3 heteroatoms. The Bertz CT molecular complexity index is 935. The zero-order valence-electron chi connectivity index (χ0n) is 19.1. The number of hydrogen-bond acceptors (Lipinski definition) is 3. The minimum Gasteiger partial charge on any atom is -0.462 e. The Morgan fingerprint density at radius 3 is 1.85 bits per heavy atom. The largest absolute Gasteiger partial charge is 0.462 e. The van der Waals surface area contributed by atoms with Gasteiger partial charge in [-0.2, -0.15) is 0 Å². The van der Waals surface area contributed by atoms with E-state index in [4.69, 9.17) is 9.47 Å². The van der Waals surface area contributed by atoms with Crippen LogP contribution in [-0.4, -0.2) is 18.7 Å². The molecule has 0 N–H and O–H groups in total. The van der Waals surface area contributed by atoms with E-state index in [1.807, 2.05) is 18.2 Å². The number of rotatable bonds is 7. The van der Waals surface area contributed by atoms with Crippen molar-refractivity contribution >= 4 is 5.97 Å². The van der Waals surface area contributed by atoms with Crippen molar-refractivity contribution in [3.05, 3.63) is 108 Å². The lowest BCUT2D eigenvalue weighted by molar-refractivity contribution is -0.152. The highest BCUT2D eigenvalue weighted by Crippen LogP contribution is 2.48. The first-order valence-corrected chi connectivity index (χ1v) is 12.3. The number of carbonyl (C=O) groups excluding carboxylic acids is 1. The fourth-order valence-corrected chi connectivity index (χ4v) is 5.30. The molecule has 3 nitrogen and oxygen atoms in total. The van der Waals surface area contributed by atoms with Gasteiger partial charge >= 0.3 is 5.97 Å². The van der Waals surface area contributed by atoms with E-state index in [1.54, 1.807) is 0 Å². The molecule has 3 aromatic rings. The summed E-state index contributed by atoms with van der Waals surface area (Å²) in [6.45, 7) is 0.636. The third-order valence-corrected chi connectivity index (χ3v) is 7.16. The lowest BCUT2D eigenvalue weighted by Gasteiger charge is -2.36. The van der Waals surface area contributed by atoms with Crippen LogP contribution in [0.25, 0.3) is 0 Å². The van der Waals surface area contributed by atoms with Gasteiger partial charge in [0.1, 0.15) is 11.7 Å². The molecule has 1 heterocycles. The second-order valence-corrected chi connectivity index (χ2v) is 9.38. The molecule has 0 amide bonds. The molecule has 3 aromatic carbocycles. The van der Waals surface area contributed by atoms with E-state index in [-0.39, 0.29) is 12.1 Å². The third kappa shape index (κ3) is 4.74. The topological polar surface area (TPSA) is 35.5 Å². The van der Waals surface area contributed by atoms with E-state index in [0.717, 1.165) is 48.8 Å². The molecule has 1 saturated heterocycles. The summed E-state index contributed by atoms with van der Waals surface area (Å²) in [5.41, 5.74) is 2.68. The second kappa shape index (κ2) is 9.93. The first-order valence-electron chi connectivity index (χ1n) is 12.3. The molecule has 0 bridgehead atoms. The first-order chi connectivity index (χ1) is 16.3. The Balaban J connectivity index is 1.43. The van der Waals surface area contributed by atoms with E-state index < -0.39 is 5.60 Å². The predicted octanol–water partition coefficient (Wildman–Crippen LogP) is 6.51. The minimum atomic E-state index is -0.686. The molecule has 0 unspecified atom stereocenters. The van der Waals surface area contributed by atoms with Gasteiger partial charge in [0.2, 0.25) is 0 Å². The summed E-state index contributed by atoms with van der Waals surface area (Å²) in [4.78, 5) is 12.1. The molecule has 1 aliphatic heterocycles. The Hall–Kier alpha value is -2.91. The molecule has 5 rings (SSSR count). The van der Waals surface area contributed by atoms with Gasteiger partial charge in [-0.25, -0.2) is 0 Å². The van der Waals surface area contributed by atoms with Crippen molar-refractivity contribution in [3.63, 3.8) is 0 Å². The van der Waals surface area contributed by atoms with Gasteiger partial charge in [0, 0.05) is 12.3 Å². The fourth-order valence-electron chi connectivity index (χ4n) is 5.30. The van der Waals surface area contributed by atoms with E-state index in [1.165, 1.54) is 0 Å². The normalized spacial score (nSPS) is 23.3. The van der Waals surface area contributed by atoms with Crippen LogP contribution in [-0.2, 0) is 19.9 Å². The molecular formula is C30H32O3. The van der Waals surface area contributed by atoms with Crippen molar-refractivity contribution in [2.45, 2.75) is 50.2 Å². The molecule has 170 valence electrons. The number of ether oxygens (including phenoxy) is 2. The van der Waals surface area contributed by atoms with Gasteiger partial charge in [-0.05, 0) is 48.3 Å². The van der Waals surface area contributed by atoms with Crippen LogP contribution in [0.15, 0.2) is 91.0 Å². The molecule has 33 heavy (non-hydrogen) atoms.